The van der Waals surface area contributed by atoms with Gasteiger partial charge in [-0.2, -0.15) is 13.2 Å². The first-order valence-electron chi connectivity index (χ1n) is 4.14. The van der Waals surface area contributed by atoms with Crippen molar-refractivity contribution < 1.29 is 18.1 Å². The smallest absolute Gasteiger partial charge is 0.258 e. The number of benzene rings is 1. The zero-order valence-electron chi connectivity index (χ0n) is 7.85. The zero-order chi connectivity index (χ0) is 12.8. The molecule has 0 aliphatic rings. The molecule has 2 aromatic rings. The molecule has 0 unspecified atom stereocenters. The van der Waals surface area contributed by atoms with Gasteiger partial charge < -0.3 is 0 Å². The van der Waals surface area contributed by atoms with Crippen molar-refractivity contribution in [3.05, 3.63) is 27.3 Å². The van der Waals surface area contributed by atoms with Crippen molar-refractivity contribution in [1.29, 1.82) is 0 Å². The van der Waals surface area contributed by atoms with E-state index in [0.29, 0.717) is 11.3 Å². The van der Waals surface area contributed by atoms with Crippen LogP contribution >= 0.6 is 24.0 Å². The van der Waals surface area contributed by atoms with Crippen LogP contribution in [0.3, 0.4) is 0 Å². The SMILES string of the molecule is O=[N+]([O-])c1cc(S)c2nc(C(F)(F)F)sc2c1. The van der Waals surface area contributed by atoms with E-state index in [0.717, 1.165) is 12.1 Å². The highest BCUT2D eigenvalue weighted by Crippen LogP contribution is 2.38. The molecule has 0 aliphatic heterocycles. The summed E-state index contributed by atoms with van der Waals surface area (Å²) < 4.78 is 37.3. The van der Waals surface area contributed by atoms with Crippen molar-refractivity contribution in [2.45, 2.75) is 11.1 Å². The number of nitro benzene ring substituents is 1. The van der Waals surface area contributed by atoms with Gasteiger partial charge in [0.05, 0.1) is 15.1 Å². The van der Waals surface area contributed by atoms with E-state index in [4.69, 9.17) is 0 Å². The number of thiol groups is 1. The van der Waals surface area contributed by atoms with E-state index < -0.39 is 16.1 Å². The molecular weight excluding hydrogens is 277 g/mol. The fraction of sp³-hybridized carbons (Fsp3) is 0.125. The first-order chi connectivity index (χ1) is 7.79. The predicted octanol–water partition coefficient (Wildman–Crippen LogP) is 3.51. The Bertz CT molecular complexity index is 609. The first-order valence-corrected chi connectivity index (χ1v) is 5.40. The van der Waals surface area contributed by atoms with Crippen LogP contribution in [0.4, 0.5) is 18.9 Å². The van der Waals surface area contributed by atoms with Crippen LogP contribution in [-0.4, -0.2) is 9.91 Å². The monoisotopic (exact) mass is 280 g/mol. The Hall–Kier alpha value is -1.35. The van der Waals surface area contributed by atoms with Gasteiger partial charge in [0.15, 0.2) is 5.01 Å². The fourth-order valence-corrected chi connectivity index (χ4v) is 2.50. The molecular formula is C8H3F3N2O2S2. The lowest BCUT2D eigenvalue weighted by Gasteiger charge is -1.98. The molecule has 0 radical (unpaired) electrons. The summed E-state index contributed by atoms with van der Waals surface area (Å²) in [5.41, 5.74) is -0.281. The summed E-state index contributed by atoms with van der Waals surface area (Å²) in [6.45, 7) is 0. The summed E-state index contributed by atoms with van der Waals surface area (Å²) >= 11 is 4.26. The number of hydrogen-bond donors (Lipinski definition) is 1. The molecule has 2 rings (SSSR count). The molecule has 9 heteroatoms. The van der Waals surface area contributed by atoms with Gasteiger partial charge in [-0.25, -0.2) is 4.98 Å². The molecule has 0 fully saturated rings. The minimum absolute atomic E-state index is 0.0243. The van der Waals surface area contributed by atoms with Crippen LogP contribution in [0.5, 0.6) is 0 Å². The highest BCUT2D eigenvalue weighted by Gasteiger charge is 2.35. The molecule has 4 nitrogen and oxygen atoms in total. The summed E-state index contributed by atoms with van der Waals surface area (Å²) in [7, 11) is 0. The molecule has 0 N–H and O–H groups in total. The maximum Gasteiger partial charge on any atom is 0.443 e. The summed E-state index contributed by atoms with van der Waals surface area (Å²) in [6.07, 6.45) is -4.56. The molecule has 17 heavy (non-hydrogen) atoms. The van der Waals surface area contributed by atoms with Crippen LogP contribution in [-0.2, 0) is 6.18 Å². The lowest BCUT2D eigenvalue weighted by Crippen LogP contribution is -2.03. The molecule has 1 aromatic heterocycles. The molecule has 0 saturated heterocycles. The van der Waals surface area contributed by atoms with Gasteiger partial charge in [0, 0.05) is 17.0 Å². The van der Waals surface area contributed by atoms with Crippen molar-refractivity contribution in [2.75, 3.05) is 0 Å². The van der Waals surface area contributed by atoms with Crippen molar-refractivity contribution in [1.82, 2.24) is 4.98 Å². The second-order valence-electron chi connectivity index (χ2n) is 3.09. The summed E-state index contributed by atoms with van der Waals surface area (Å²) in [5.74, 6) is 0. The van der Waals surface area contributed by atoms with Gasteiger partial charge in [-0.3, -0.25) is 10.1 Å². The number of hydrogen-bond acceptors (Lipinski definition) is 5. The normalized spacial score (nSPS) is 12.0. The lowest BCUT2D eigenvalue weighted by atomic mass is 10.3. The fourth-order valence-electron chi connectivity index (χ4n) is 1.22. The van der Waals surface area contributed by atoms with E-state index in [1.54, 1.807) is 0 Å². The number of thiazole rings is 1. The number of non-ortho nitro benzene ring substituents is 1. The Morgan fingerprint density at radius 3 is 2.59 bits per heavy atom. The molecule has 1 aromatic carbocycles. The number of nitro groups is 1. The molecule has 0 bridgehead atoms. The van der Waals surface area contributed by atoms with E-state index in [1.165, 1.54) is 0 Å². The maximum atomic E-state index is 12.4. The number of aromatic nitrogens is 1. The van der Waals surface area contributed by atoms with E-state index >= 15 is 0 Å². The van der Waals surface area contributed by atoms with E-state index in [-0.39, 0.29) is 20.8 Å². The Balaban J connectivity index is 2.69. The van der Waals surface area contributed by atoms with Crippen LogP contribution < -0.4 is 0 Å². The lowest BCUT2D eigenvalue weighted by molar-refractivity contribution is -0.384. The van der Waals surface area contributed by atoms with E-state index in [9.17, 15) is 23.3 Å². The number of nitrogens with zero attached hydrogens (tertiary/aromatic N) is 2. The number of alkyl halides is 3. The molecule has 0 spiro atoms. The van der Waals surface area contributed by atoms with Gasteiger partial charge in [0.25, 0.3) is 5.69 Å². The minimum Gasteiger partial charge on any atom is -0.258 e. The highest BCUT2D eigenvalue weighted by atomic mass is 32.1. The van der Waals surface area contributed by atoms with Gasteiger partial charge in [-0.1, -0.05) is 0 Å². The molecule has 0 atom stereocenters. The first kappa shape index (κ1) is 12.1. The second-order valence-corrected chi connectivity index (χ2v) is 4.60. The molecule has 1 heterocycles. The Morgan fingerprint density at radius 2 is 2.06 bits per heavy atom. The largest absolute Gasteiger partial charge is 0.443 e. The van der Waals surface area contributed by atoms with Crippen LogP contribution in [0, 0.1) is 10.1 Å². The number of fused-ring (bicyclic) bond motifs is 1. The average Bonchev–Trinajstić information content (AvgIpc) is 2.60. The minimum atomic E-state index is -4.56. The van der Waals surface area contributed by atoms with Crippen molar-refractivity contribution in [2.24, 2.45) is 0 Å². The van der Waals surface area contributed by atoms with Crippen molar-refractivity contribution in [3.63, 3.8) is 0 Å². The van der Waals surface area contributed by atoms with Crippen LogP contribution in [0.15, 0.2) is 17.0 Å². The van der Waals surface area contributed by atoms with Gasteiger partial charge in [-0.15, -0.1) is 24.0 Å². The third-order valence-electron chi connectivity index (χ3n) is 1.91. The standard InChI is InChI=1S/C8H3F3N2O2S2/c9-8(10,11)7-12-6-4(16)1-3(13(14)15)2-5(6)17-7/h1-2,16H. The average molecular weight is 280 g/mol. The highest BCUT2D eigenvalue weighted by molar-refractivity contribution is 7.80. The number of rotatable bonds is 1. The van der Waals surface area contributed by atoms with Gasteiger partial charge in [-0.05, 0) is 0 Å². The summed E-state index contributed by atoms with van der Waals surface area (Å²) in [6, 6.07) is 2.13. The predicted molar refractivity (Wildman–Crippen MR) is 58.5 cm³/mol. The molecule has 90 valence electrons. The molecule has 0 aliphatic carbocycles. The van der Waals surface area contributed by atoms with Crippen LogP contribution in [0.2, 0.25) is 0 Å². The Labute approximate surface area is 102 Å². The number of halogens is 3. The van der Waals surface area contributed by atoms with E-state index in [1.807, 2.05) is 0 Å². The van der Waals surface area contributed by atoms with Crippen LogP contribution in [0.25, 0.3) is 10.2 Å². The third kappa shape index (κ3) is 2.20. The topological polar surface area (TPSA) is 56.0 Å². The Morgan fingerprint density at radius 1 is 1.41 bits per heavy atom. The molecule has 0 amide bonds. The Kier molecular flexibility index (Phi) is 2.74. The van der Waals surface area contributed by atoms with Gasteiger partial charge in [0.2, 0.25) is 0 Å². The maximum absolute atomic E-state index is 12.4. The molecule has 0 saturated carbocycles. The second kappa shape index (κ2) is 3.84. The van der Waals surface area contributed by atoms with Crippen molar-refractivity contribution in [3.8, 4) is 0 Å². The van der Waals surface area contributed by atoms with Crippen LogP contribution in [0.1, 0.15) is 5.01 Å². The van der Waals surface area contributed by atoms with Gasteiger partial charge in [0.1, 0.15) is 0 Å². The third-order valence-corrected chi connectivity index (χ3v) is 3.30. The summed E-state index contributed by atoms with van der Waals surface area (Å²) in [5, 5.41) is 9.50. The quantitative estimate of drug-likeness (QED) is 0.494. The van der Waals surface area contributed by atoms with E-state index in [2.05, 4.69) is 17.6 Å². The zero-order valence-corrected chi connectivity index (χ0v) is 9.57. The van der Waals surface area contributed by atoms with Crippen molar-refractivity contribution >= 4 is 39.9 Å². The summed E-state index contributed by atoms with van der Waals surface area (Å²) in [4.78, 5) is 13.3. The van der Waals surface area contributed by atoms with Gasteiger partial charge >= 0.3 is 6.18 Å².